The molecule has 0 aliphatic heterocycles. The number of fused-ring (bicyclic) bond motifs is 3. The number of rotatable bonds is 5. The number of thiophene rings is 1. The Balaban J connectivity index is 2.11. The van der Waals surface area contributed by atoms with Gasteiger partial charge in [-0.2, -0.15) is 0 Å². The van der Waals surface area contributed by atoms with E-state index in [9.17, 15) is 0 Å². The number of aromatic nitrogens is 1. The van der Waals surface area contributed by atoms with Gasteiger partial charge in [0, 0.05) is 27.8 Å². The van der Waals surface area contributed by atoms with E-state index in [1.807, 2.05) is 12.2 Å². The fraction of sp³-hybridized carbons (Fsp3) is 0.115. The molecule has 0 aliphatic rings. The molecule has 144 valence electrons. The van der Waals surface area contributed by atoms with Gasteiger partial charge in [0.25, 0.3) is 0 Å². The summed E-state index contributed by atoms with van der Waals surface area (Å²) in [5, 5.41) is 2.44. The van der Waals surface area contributed by atoms with Gasteiger partial charge >= 0.3 is 0 Å². The van der Waals surface area contributed by atoms with Crippen molar-refractivity contribution in [3.05, 3.63) is 101 Å². The largest absolute Gasteiger partial charge is 0.293 e. The quantitative estimate of drug-likeness (QED) is 0.189. The van der Waals surface area contributed by atoms with Crippen LogP contribution in [0, 0.1) is 13.8 Å². The van der Waals surface area contributed by atoms with Crippen LogP contribution in [0.15, 0.2) is 85.0 Å². The second-order valence-electron chi connectivity index (χ2n) is 7.11. The molecule has 0 amide bonds. The van der Waals surface area contributed by atoms with E-state index in [2.05, 4.69) is 86.7 Å². The molecule has 0 spiro atoms. The lowest BCUT2D eigenvalue weighted by atomic mass is 10.1. The molecule has 3 heteroatoms. The average Bonchev–Trinajstić information content (AvgIpc) is 3.21. The summed E-state index contributed by atoms with van der Waals surface area (Å²) in [5.41, 5.74) is 5.57. The van der Waals surface area contributed by atoms with Gasteiger partial charge in [0.05, 0.1) is 15.9 Å². The lowest BCUT2D eigenvalue weighted by Gasteiger charge is -2.12. The van der Waals surface area contributed by atoms with Crippen LogP contribution in [0.4, 0.5) is 0 Å². The van der Waals surface area contributed by atoms with Crippen molar-refractivity contribution in [3.8, 4) is 0 Å². The topological polar surface area (TPSA) is 17.3 Å². The third-order valence-electron chi connectivity index (χ3n) is 5.31. The van der Waals surface area contributed by atoms with Crippen LogP contribution in [0.3, 0.4) is 0 Å². The van der Waals surface area contributed by atoms with Crippen LogP contribution in [0.1, 0.15) is 27.3 Å². The highest BCUT2D eigenvalue weighted by Gasteiger charge is 2.21. The Morgan fingerprint density at radius 2 is 1.55 bits per heavy atom. The van der Waals surface area contributed by atoms with E-state index in [1.165, 1.54) is 26.8 Å². The van der Waals surface area contributed by atoms with Gasteiger partial charge < -0.3 is 0 Å². The maximum absolute atomic E-state index is 5.02. The van der Waals surface area contributed by atoms with Crippen LogP contribution in [0.25, 0.3) is 27.9 Å². The summed E-state index contributed by atoms with van der Waals surface area (Å²) < 4.78 is 2.27. The Labute approximate surface area is 175 Å². The molecule has 29 heavy (non-hydrogen) atoms. The molecule has 2 nitrogen and oxygen atoms in total. The van der Waals surface area contributed by atoms with Crippen molar-refractivity contribution in [2.45, 2.75) is 20.3 Å². The summed E-state index contributed by atoms with van der Waals surface area (Å²) >= 11 is 1.73. The van der Waals surface area contributed by atoms with Crippen LogP contribution in [0.5, 0.6) is 0 Å². The first-order chi connectivity index (χ1) is 14.1. The molecule has 4 rings (SSSR count). The van der Waals surface area contributed by atoms with E-state index >= 15 is 0 Å². The molecule has 2 aromatic heterocycles. The third kappa shape index (κ3) is 3.18. The van der Waals surface area contributed by atoms with E-state index in [0.717, 1.165) is 27.4 Å². The third-order valence-corrected chi connectivity index (χ3v) is 6.69. The normalized spacial score (nSPS) is 11.9. The fourth-order valence-electron chi connectivity index (χ4n) is 3.74. The number of nitrogens with zero attached hydrogens (tertiary/aromatic N) is 2. The lowest BCUT2D eigenvalue weighted by Crippen LogP contribution is -2.13. The van der Waals surface area contributed by atoms with Crippen molar-refractivity contribution in [2.24, 2.45) is 4.99 Å². The summed E-state index contributed by atoms with van der Waals surface area (Å²) in [6, 6.07) is 17.0. The maximum atomic E-state index is 5.02. The number of para-hydroxylation sites is 2. The zero-order valence-electron chi connectivity index (χ0n) is 16.9. The first-order valence-electron chi connectivity index (χ1n) is 9.65. The first-order valence-corrected chi connectivity index (χ1v) is 10.5. The van der Waals surface area contributed by atoms with Gasteiger partial charge in [-0.15, -0.1) is 17.9 Å². The van der Waals surface area contributed by atoms with Gasteiger partial charge in [-0.1, -0.05) is 61.7 Å². The lowest BCUT2D eigenvalue weighted by molar-refractivity contribution is 1.14. The predicted octanol–water partition coefficient (Wildman–Crippen LogP) is 7.50. The van der Waals surface area contributed by atoms with Gasteiger partial charge in [-0.3, -0.25) is 4.57 Å². The molecule has 0 saturated carbocycles. The Hall–Kier alpha value is -3.17. The Kier molecular flexibility index (Phi) is 5.08. The second-order valence-corrected chi connectivity index (χ2v) is 8.17. The van der Waals surface area contributed by atoms with Gasteiger partial charge in [0.15, 0.2) is 5.84 Å². The van der Waals surface area contributed by atoms with Crippen molar-refractivity contribution >= 4 is 45.1 Å². The summed E-state index contributed by atoms with van der Waals surface area (Å²) in [7, 11) is 0. The minimum atomic E-state index is 0.651. The molecule has 0 aliphatic carbocycles. The molecule has 0 unspecified atom stereocenters. The Morgan fingerprint density at radius 3 is 2.07 bits per heavy atom. The SMILES string of the molecule is C=CCC(=C)N=C(c1sc(C=C)c(C)c1C)n1c2ccccc2c2ccccc21. The molecule has 0 N–H and O–H groups in total. The summed E-state index contributed by atoms with van der Waals surface area (Å²) in [5.74, 6) is 0.910. The molecule has 0 fully saturated rings. The summed E-state index contributed by atoms with van der Waals surface area (Å²) in [6.07, 6.45) is 4.42. The molecule has 0 radical (unpaired) electrons. The van der Waals surface area contributed by atoms with Crippen LogP contribution < -0.4 is 0 Å². The minimum absolute atomic E-state index is 0.651. The highest BCUT2D eigenvalue weighted by atomic mass is 32.1. The van der Waals surface area contributed by atoms with Gasteiger partial charge in [0.2, 0.25) is 0 Å². The van der Waals surface area contributed by atoms with Gasteiger partial charge in [-0.25, -0.2) is 4.99 Å². The average molecular weight is 397 g/mol. The smallest absolute Gasteiger partial charge is 0.155 e. The molecule has 4 aromatic rings. The zero-order chi connectivity index (χ0) is 20.5. The zero-order valence-corrected chi connectivity index (χ0v) is 17.7. The van der Waals surface area contributed by atoms with Crippen molar-refractivity contribution in [3.63, 3.8) is 0 Å². The standard InChI is InChI=1S/C26H24N2S/c1-6-12-17(3)27-26(25-19(5)18(4)24(7-2)29-25)28-22-15-10-8-13-20(22)21-14-9-11-16-23(21)28/h6-11,13-16H,1-3,12H2,4-5H3. The highest BCUT2D eigenvalue weighted by Crippen LogP contribution is 2.34. The maximum Gasteiger partial charge on any atom is 0.155 e. The minimum Gasteiger partial charge on any atom is -0.293 e. The van der Waals surface area contributed by atoms with Crippen LogP contribution in [0.2, 0.25) is 0 Å². The van der Waals surface area contributed by atoms with Crippen LogP contribution >= 0.6 is 11.3 Å². The van der Waals surface area contributed by atoms with Gasteiger partial charge in [-0.05, 0) is 37.1 Å². The van der Waals surface area contributed by atoms with E-state index in [4.69, 9.17) is 4.99 Å². The molecule has 2 aromatic carbocycles. The molecule has 0 atom stereocenters. The molecule has 2 heterocycles. The fourth-order valence-corrected chi connectivity index (χ4v) is 4.89. The number of hydrogen-bond acceptors (Lipinski definition) is 2. The number of allylic oxidation sites excluding steroid dienone is 1. The van der Waals surface area contributed by atoms with Gasteiger partial charge in [0.1, 0.15) is 0 Å². The van der Waals surface area contributed by atoms with Crippen LogP contribution in [-0.4, -0.2) is 10.4 Å². The monoisotopic (exact) mass is 396 g/mol. The predicted molar refractivity (Wildman–Crippen MR) is 129 cm³/mol. The van der Waals surface area contributed by atoms with Crippen molar-refractivity contribution in [2.75, 3.05) is 0 Å². The van der Waals surface area contributed by atoms with E-state index < -0.39 is 0 Å². The number of benzene rings is 2. The first kappa shape index (κ1) is 19.2. The van der Waals surface area contributed by atoms with Crippen LogP contribution in [-0.2, 0) is 0 Å². The molecule has 0 bridgehead atoms. The second kappa shape index (κ2) is 7.69. The molecule has 0 saturated heterocycles. The molecular formula is C26H24N2S. The number of aliphatic imine (C=N–C) groups is 1. The summed E-state index contributed by atoms with van der Waals surface area (Å²) in [6.45, 7) is 16.3. The van der Waals surface area contributed by atoms with Crippen molar-refractivity contribution in [1.82, 2.24) is 4.57 Å². The van der Waals surface area contributed by atoms with Crippen molar-refractivity contribution < 1.29 is 0 Å². The summed E-state index contributed by atoms with van der Waals surface area (Å²) in [4.78, 5) is 7.35. The van der Waals surface area contributed by atoms with Crippen molar-refractivity contribution in [1.29, 1.82) is 0 Å². The van der Waals surface area contributed by atoms with E-state index in [0.29, 0.717) is 6.42 Å². The van der Waals surface area contributed by atoms with E-state index in [1.54, 1.807) is 11.3 Å². The molecular weight excluding hydrogens is 372 g/mol. The number of hydrogen-bond donors (Lipinski definition) is 0. The Morgan fingerprint density at radius 1 is 0.966 bits per heavy atom. The highest BCUT2D eigenvalue weighted by molar-refractivity contribution is 7.15. The van der Waals surface area contributed by atoms with E-state index in [-0.39, 0.29) is 0 Å². The Bertz CT molecular complexity index is 1240.